The number of hydrogen-bond donors (Lipinski definition) is 1. The van der Waals surface area contributed by atoms with E-state index in [-0.39, 0.29) is 6.04 Å². The third-order valence-corrected chi connectivity index (χ3v) is 4.71. The van der Waals surface area contributed by atoms with Gasteiger partial charge in [-0.15, -0.1) is 0 Å². The van der Waals surface area contributed by atoms with Gasteiger partial charge in [0, 0.05) is 35.8 Å². The molecule has 0 saturated heterocycles. The number of anilines is 1. The van der Waals surface area contributed by atoms with Gasteiger partial charge in [0.1, 0.15) is 11.6 Å². The van der Waals surface area contributed by atoms with Crippen molar-refractivity contribution in [1.82, 2.24) is 4.98 Å². The summed E-state index contributed by atoms with van der Waals surface area (Å²) in [5.41, 5.74) is 5.63. The van der Waals surface area contributed by atoms with Crippen molar-refractivity contribution in [3.05, 3.63) is 101 Å². The van der Waals surface area contributed by atoms with Crippen molar-refractivity contribution in [2.75, 3.05) is 5.32 Å². The second kappa shape index (κ2) is 7.72. The van der Waals surface area contributed by atoms with Crippen LogP contribution >= 0.6 is 0 Å². The second-order valence-corrected chi connectivity index (χ2v) is 6.76. The summed E-state index contributed by atoms with van der Waals surface area (Å²) < 4.78 is 27.0. The Bertz CT molecular complexity index is 1040. The van der Waals surface area contributed by atoms with E-state index >= 15 is 0 Å². The van der Waals surface area contributed by atoms with E-state index in [4.69, 9.17) is 0 Å². The molecular formula is C23H19F2N3. The van der Waals surface area contributed by atoms with Crippen molar-refractivity contribution in [1.29, 1.82) is 0 Å². The highest BCUT2D eigenvalue weighted by Gasteiger charge is 2.15. The molecule has 0 saturated carbocycles. The first kappa shape index (κ1) is 18.0. The topological polar surface area (TPSA) is 37.3 Å². The first-order chi connectivity index (χ1) is 13.6. The van der Waals surface area contributed by atoms with E-state index in [0.29, 0.717) is 12.1 Å². The summed E-state index contributed by atoms with van der Waals surface area (Å²) in [6, 6.07) is 13.2. The SMILES string of the molecule is C[C@@H](Nc1ccc2c(c1)C(/C=C/c1ccncc1)=NC2)c1cc(F)cc(F)c1. The fraction of sp³-hybridized carbons (Fsp3) is 0.130. The maximum atomic E-state index is 13.5. The molecule has 28 heavy (non-hydrogen) atoms. The lowest BCUT2D eigenvalue weighted by Gasteiger charge is -2.17. The van der Waals surface area contributed by atoms with Crippen molar-refractivity contribution in [3.63, 3.8) is 0 Å². The van der Waals surface area contributed by atoms with Crippen LogP contribution in [-0.2, 0) is 6.54 Å². The van der Waals surface area contributed by atoms with E-state index in [1.807, 2.05) is 49.4 Å². The minimum absolute atomic E-state index is 0.239. The Morgan fingerprint density at radius 2 is 1.71 bits per heavy atom. The van der Waals surface area contributed by atoms with Crippen molar-refractivity contribution >= 4 is 17.5 Å². The van der Waals surface area contributed by atoms with Crippen LogP contribution in [0.2, 0.25) is 0 Å². The largest absolute Gasteiger partial charge is 0.378 e. The lowest BCUT2D eigenvalue weighted by Crippen LogP contribution is -2.08. The fourth-order valence-corrected chi connectivity index (χ4v) is 3.25. The van der Waals surface area contributed by atoms with Gasteiger partial charge in [-0.05, 0) is 66.1 Å². The van der Waals surface area contributed by atoms with Crippen LogP contribution in [0.3, 0.4) is 0 Å². The molecule has 3 nitrogen and oxygen atoms in total. The summed E-state index contributed by atoms with van der Waals surface area (Å²) >= 11 is 0. The van der Waals surface area contributed by atoms with Crippen LogP contribution in [-0.4, -0.2) is 10.7 Å². The number of nitrogens with one attached hydrogen (secondary N) is 1. The van der Waals surface area contributed by atoms with Gasteiger partial charge >= 0.3 is 0 Å². The number of pyridine rings is 1. The predicted molar refractivity (Wildman–Crippen MR) is 108 cm³/mol. The van der Waals surface area contributed by atoms with E-state index < -0.39 is 11.6 Å². The monoisotopic (exact) mass is 375 g/mol. The van der Waals surface area contributed by atoms with Gasteiger partial charge in [-0.2, -0.15) is 0 Å². The summed E-state index contributed by atoms with van der Waals surface area (Å²) in [4.78, 5) is 8.62. The molecule has 0 radical (unpaired) electrons. The van der Waals surface area contributed by atoms with E-state index in [0.717, 1.165) is 34.2 Å². The van der Waals surface area contributed by atoms with E-state index in [1.54, 1.807) is 12.4 Å². The Morgan fingerprint density at radius 3 is 2.46 bits per heavy atom. The van der Waals surface area contributed by atoms with Crippen molar-refractivity contribution < 1.29 is 8.78 Å². The second-order valence-electron chi connectivity index (χ2n) is 6.76. The third-order valence-electron chi connectivity index (χ3n) is 4.71. The lowest BCUT2D eigenvalue weighted by molar-refractivity contribution is 0.577. The molecule has 0 unspecified atom stereocenters. The van der Waals surface area contributed by atoms with E-state index in [1.165, 1.54) is 12.1 Å². The van der Waals surface area contributed by atoms with Crippen LogP contribution in [0.25, 0.3) is 6.08 Å². The van der Waals surface area contributed by atoms with Gasteiger partial charge < -0.3 is 5.32 Å². The minimum Gasteiger partial charge on any atom is -0.378 e. The van der Waals surface area contributed by atoms with E-state index in [2.05, 4.69) is 15.3 Å². The standard InChI is InChI=1S/C23H19F2N3/c1-15(18-10-19(24)12-20(25)11-18)28-21-4-3-17-14-27-23(22(17)13-21)5-2-16-6-8-26-9-7-16/h2-13,15,28H,14H2,1H3/b5-2+/t15-/m1/s1. The van der Waals surface area contributed by atoms with Gasteiger partial charge in [-0.1, -0.05) is 12.1 Å². The molecule has 3 aromatic rings. The average molecular weight is 375 g/mol. The Hall–Kier alpha value is -3.34. The maximum absolute atomic E-state index is 13.5. The molecule has 0 bridgehead atoms. The molecule has 0 spiro atoms. The summed E-state index contributed by atoms with van der Waals surface area (Å²) in [7, 11) is 0. The van der Waals surface area contributed by atoms with Crippen LogP contribution in [0.15, 0.2) is 72.0 Å². The number of fused-ring (bicyclic) bond motifs is 1. The zero-order chi connectivity index (χ0) is 19.5. The molecule has 1 aromatic heterocycles. The highest BCUT2D eigenvalue weighted by Crippen LogP contribution is 2.27. The summed E-state index contributed by atoms with van der Waals surface area (Å²) in [5, 5.41) is 3.32. The first-order valence-electron chi connectivity index (χ1n) is 9.07. The Morgan fingerprint density at radius 1 is 0.964 bits per heavy atom. The molecule has 0 amide bonds. The summed E-state index contributed by atoms with van der Waals surface area (Å²) in [6.45, 7) is 2.52. The molecule has 1 N–H and O–H groups in total. The van der Waals surface area contributed by atoms with Gasteiger partial charge in [-0.25, -0.2) is 8.78 Å². The molecule has 1 aliphatic heterocycles. The van der Waals surface area contributed by atoms with Crippen molar-refractivity contribution in [3.8, 4) is 0 Å². The quantitative estimate of drug-likeness (QED) is 0.635. The third kappa shape index (κ3) is 3.98. The molecule has 0 aliphatic carbocycles. The zero-order valence-corrected chi connectivity index (χ0v) is 15.4. The Kier molecular flexibility index (Phi) is 4.98. The zero-order valence-electron chi connectivity index (χ0n) is 15.4. The predicted octanol–water partition coefficient (Wildman–Crippen LogP) is 5.55. The van der Waals surface area contributed by atoms with Crippen molar-refractivity contribution in [2.24, 2.45) is 4.99 Å². The minimum atomic E-state index is -0.576. The molecule has 2 aromatic carbocycles. The van der Waals surface area contributed by atoms with Crippen molar-refractivity contribution in [2.45, 2.75) is 19.5 Å². The molecule has 0 fully saturated rings. The highest BCUT2D eigenvalue weighted by molar-refractivity contribution is 6.13. The summed E-state index contributed by atoms with van der Waals surface area (Å²) in [6.07, 6.45) is 7.51. The molecule has 1 atom stereocenters. The van der Waals surface area contributed by atoms with Gasteiger partial charge in [0.15, 0.2) is 0 Å². The number of hydrogen-bond acceptors (Lipinski definition) is 3. The molecule has 2 heterocycles. The van der Waals surface area contributed by atoms with Crippen LogP contribution in [0.4, 0.5) is 14.5 Å². The maximum Gasteiger partial charge on any atom is 0.126 e. The average Bonchev–Trinajstić information content (AvgIpc) is 3.09. The normalized spacial score (nSPS) is 14.0. The van der Waals surface area contributed by atoms with E-state index in [9.17, 15) is 8.78 Å². The number of allylic oxidation sites excluding steroid dienone is 1. The fourth-order valence-electron chi connectivity index (χ4n) is 3.25. The number of rotatable bonds is 5. The number of nitrogens with zero attached hydrogens (tertiary/aromatic N) is 2. The van der Waals surface area contributed by atoms with Crippen LogP contribution in [0, 0.1) is 11.6 Å². The van der Waals surface area contributed by atoms with Crippen LogP contribution < -0.4 is 5.32 Å². The highest BCUT2D eigenvalue weighted by atomic mass is 19.1. The van der Waals surface area contributed by atoms with Gasteiger partial charge in [0.25, 0.3) is 0 Å². The first-order valence-corrected chi connectivity index (χ1v) is 9.07. The summed E-state index contributed by atoms with van der Waals surface area (Å²) in [5.74, 6) is -1.15. The number of benzene rings is 2. The number of halogens is 2. The molecule has 5 heteroatoms. The Balaban J connectivity index is 1.54. The molecule has 1 aliphatic rings. The van der Waals surface area contributed by atoms with Gasteiger partial charge in [0.2, 0.25) is 0 Å². The lowest BCUT2D eigenvalue weighted by atomic mass is 10.0. The van der Waals surface area contributed by atoms with Gasteiger partial charge in [-0.3, -0.25) is 9.98 Å². The molecule has 4 rings (SSSR count). The number of aromatic nitrogens is 1. The molecule has 140 valence electrons. The van der Waals surface area contributed by atoms with Crippen LogP contribution in [0.5, 0.6) is 0 Å². The van der Waals surface area contributed by atoms with Gasteiger partial charge in [0.05, 0.1) is 12.3 Å². The number of aliphatic imine (C=N–C) groups is 1. The smallest absolute Gasteiger partial charge is 0.126 e. The van der Waals surface area contributed by atoms with Crippen LogP contribution in [0.1, 0.15) is 35.2 Å². The Labute approximate surface area is 162 Å². The molecular weight excluding hydrogens is 356 g/mol.